The molecule has 11 heteroatoms. The summed E-state index contributed by atoms with van der Waals surface area (Å²) in [5.41, 5.74) is 0.523. The number of carbonyl (C=O) groups is 1. The SMILES string of the molecule is CC(=O)Nc1cc2c(-c3cc(OCC(C)C)c(=O)n(C(C)C(F)(F)F)n3)cn(C3CCC3)c2cn1. The topological polar surface area (TPSA) is 91.0 Å². The summed E-state index contributed by atoms with van der Waals surface area (Å²) in [6.07, 6.45) is 1.81. The van der Waals surface area contributed by atoms with Gasteiger partial charge in [0.25, 0.3) is 0 Å². The van der Waals surface area contributed by atoms with Crippen molar-refractivity contribution in [3.63, 3.8) is 0 Å². The lowest BCUT2D eigenvalue weighted by Gasteiger charge is -2.27. The van der Waals surface area contributed by atoms with E-state index in [9.17, 15) is 22.8 Å². The van der Waals surface area contributed by atoms with E-state index in [4.69, 9.17) is 4.74 Å². The fourth-order valence-electron chi connectivity index (χ4n) is 3.95. The molecule has 1 unspecified atom stereocenters. The maximum Gasteiger partial charge on any atom is 0.410 e. The molecule has 1 saturated carbocycles. The van der Waals surface area contributed by atoms with E-state index in [-0.39, 0.29) is 35.9 Å². The summed E-state index contributed by atoms with van der Waals surface area (Å²) in [6, 6.07) is 1.15. The van der Waals surface area contributed by atoms with Crippen LogP contribution in [-0.4, -0.2) is 38.0 Å². The molecule has 188 valence electrons. The molecule has 1 atom stereocenters. The van der Waals surface area contributed by atoms with E-state index < -0.39 is 17.8 Å². The molecule has 0 radical (unpaired) electrons. The number of nitrogens with one attached hydrogen (secondary N) is 1. The van der Waals surface area contributed by atoms with Crippen LogP contribution in [0.25, 0.3) is 22.2 Å². The number of hydrogen-bond donors (Lipinski definition) is 1. The van der Waals surface area contributed by atoms with Crippen molar-refractivity contribution in [2.75, 3.05) is 11.9 Å². The number of pyridine rings is 1. The van der Waals surface area contributed by atoms with Gasteiger partial charge in [-0.05, 0) is 38.2 Å². The van der Waals surface area contributed by atoms with Gasteiger partial charge >= 0.3 is 11.7 Å². The van der Waals surface area contributed by atoms with Gasteiger partial charge in [-0.2, -0.15) is 18.3 Å². The maximum atomic E-state index is 13.6. The van der Waals surface area contributed by atoms with Gasteiger partial charge in [0.2, 0.25) is 5.91 Å². The number of rotatable bonds is 7. The number of nitrogens with zero attached hydrogens (tertiary/aromatic N) is 4. The third-order valence-electron chi connectivity index (χ3n) is 6.08. The highest BCUT2D eigenvalue weighted by atomic mass is 19.4. The largest absolute Gasteiger partial charge is 0.488 e. The molecule has 1 aliphatic carbocycles. The van der Waals surface area contributed by atoms with Crippen LogP contribution in [0.15, 0.2) is 29.3 Å². The van der Waals surface area contributed by atoms with Crippen molar-refractivity contribution in [2.24, 2.45) is 5.92 Å². The first-order valence-corrected chi connectivity index (χ1v) is 11.6. The van der Waals surface area contributed by atoms with Crippen molar-refractivity contribution in [2.45, 2.75) is 65.2 Å². The van der Waals surface area contributed by atoms with E-state index in [0.29, 0.717) is 21.4 Å². The average molecular weight is 492 g/mol. The number of amides is 1. The molecule has 3 heterocycles. The Kier molecular flexibility index (Phi) is 6.61. The third kappa shape index (κ3) is 5.03. The highest BCUT2D eigenvalue weighted by Gasteiger charge is 2.39. The molecule has 1 aliphatic rings. The Morgan fingerprint density at radius 2 is 1.97 bits per heavy atom. The van der Waals surface area contributed by atoms with Gasteiger partial charge in [0.15, 0.2) is 5.75 Å². The molecular weight excluding hydrogens is 463 g/mol. The highest BCUT2D eigenvalue weighted by Crippen LogP contribution is 2.39. The molecule has 0 aromatic carbocycles. The predicted octanol–water partition coefficient (Wildman–Crippen LogP) is 5.10. The first-order valence-electron chi connectivity index (χ1n) is 11.6. The Bertz CT molecular complexity index is 1310. The number of halogens is 3. The lowest BCUT2D eigenvalue weighted by molar-refractivity contribution is -0.166. The minimum Gasteiger partial charge on any atom is -0.488 e. The number of aromatic nitrogens is 4. The van der Waals surface area contributed by atoms with E-state index in [0.717, 1.165) is 31.7 Å². The average Bonchev–Trinajstić information content (AvgIpc) is 3.08. The van der Waals surface area contributed by atoms with Gasteiger partial charge in [-0.3, -0.25) is 9.59 Å². The minimum absolute atomic E-state index is 0.0614. The zero-order valence-electron chi connectivity index (χ0n) is 20.0. The number of anilines is 1. The van der Waals surface area contributed by atoms with Crippen LogP contribution in [-0.2, 0) is 4.79 Å². The van der Waals surface area contributed by atoms with E-state index in [2.05, 4.69) is 15.4 Å². The lowest BCUT2D eigenvalue weighted by atomic mass is 9.93. The number of hydrogen-bond acceptors (Lipinski definition) is 5. The smallest absolute Gasteiger partial charge is 0.410 e. The van der Waals surface area contributed by atoms with Crippen LogP contribution in [0, 0.1) is 5.92 Å². The van der Waals surface area contributed by atoms with Crippen LogP contribution in [0.4, 0.5) is 19.0 Å². The molecule has 3 aromatic heterocycles. The first-order chi connectivity index (χ1) is 16.5. The Labute approximate surface area is 200 Å². The summed E-state index contributed by atoms with van der Waals surface area (Å²) in [6.45, 7) is 6.17. The van der Waals surface area contributed by atoms with Gasteiger partial charge in [-0.25, -0.2) is 9.67 Å². The van der Waals surface area contributed by atoms with Gasteiger partial charge in [0, 0.05) is 36.2 Å². The molecule has 3 aromatic rings. The number of fused-ring (bicyclic) bond motifs is 1. The van der Waals surface area contributed by atoms with Crippen molar-refractivity contribution in [3.8, 4) is 17.0 Å². The Morgan fingerprint density at radius 1 is 1.26 bits per heavy atom. The van der Waals surface area contributed by atoms with Crippen molar-refractivity contribution in [1.82, 2.24) is 19.3 Å². The molecule has 8 nitrogen and oxygen atoms in total. The molecule has 0 spiro atoms. The van der Waals surface area contributed by atoms with Crippen molar-refractivity contribution in [3.05, 3.63) is 34.9 Å². The molecule has 0 saturated heterocycles. The van der Waals surface area contributed by atoms with Crippen LogP contribution in [0.2, 0.25) is 0 Å². The quantitative estimate of drug-likeness (QED) is 0.497. The molecule has 0 aliphatic heterocycles. The second kappa shape index (κ2) is 9.35. The Balaban J connectivity index is 1.93. The van der Waals surface area contributed by atoms with Gasteiger partial charge in [0.05, 0.1) is 24.0 Å². The van der Waals surface area contributed by atoms with Gasteiger partial charge in [0.1, 0.15) is 11.9 Å². The van der Waals surface area contributed by atoms with Crippen LogP contribution >= 0.6 is 0 Å². The summed E-state index contributed by atoms with van der Waals surface area (Å²) in [5.74, 6) is -0.121. The molecule has 1 N–H and O–H groups in total. The Morgan fingerprint density at radius 3 is 2.54 bits per heavy atom. The number of ether oxygens (including phenoxy) is 1. The minimum atomic E-state index is -4.67. The summed E-state index contributed by atoms with van der Waals surface area (Å²) >= 11 is 0. The molecule has 1 fully saturated rings. The van der Waals surface area contributed by atoms with Crippen LogP contribution in [0.5, 0.6) is 5.75 Å². The van der Waals surface area contributed by atoms with Crippen LogP contribution in [0.3, 0.4) is 0 Å². The number of alkyl halides is 3. The van der Waals surface area contributed by atoms with Crippen LogP contribution in [0.1, 0.15) is 59.0 Å². The third-order valence-corrected chi connectivity index (χ3v) is 6.08. The summed E-state index contributed by atoms with van der Waals surface area (Å²) in [4.78, 5) is 28.8. The second-order valence-corrected chi connectivity index (χ2v) is 9.37. The molecule has 4 rings (SSSR count). The lowest BCUT2D eigenvalue weighted by Crippen LogP contribution is -2.35. The van der Waals surface area contributed by atoms with Crippen molar-refractivity contribution >= 4 is 22.6 Å². The van der Waals surface area contributed by atoms with Gasteiger partial charge < -0.3 is 14.6 Å². The zero-order valence-corrected chi connectivity index (χ0v) is 20.0. The normalized spacial score (nSPS) is 15.3. The van der Waals surface area contributed by atoms with Gasteiger partial charge in [-0.15, -0.1) is 0 Å². The number of carbonyl (C=O) groups excluding carboxylic acids is 1. The van der Waals surface area contributed by atoms with Crippen molar-refractivity contribution < 1.29 is 22.7 Å². The first kappa shape index (κ1) is 24.7. The molecule has 35 heavy (non-hydrogen) atoms. The molecule has 1 amide bonds. The summed E-state index contributed by atoms with van der Waals surface area (Å²) < 4.78 is 48.9. The standard InChI is InChI=1S/C24H28F3N5O3/c1-13(2)12-35-21-9-19(30-32(23(21)34)14(3)24(25,26)27)18-11-31(16-6-5-7-16)20-10-28-22(8-17(18)20)29-15(4)33/h8-11,13-14,16H,5-7,12H2,1-4H3,(H,28,29,33). The summed E-state index contributed by atoms with van der Waals surface area (Å²) in [7, 11) is 0. The van der Waals surface area contributed by atoms with E-state index in [1.165, 1.54) is 13.0 Å². The highest BCUT2D eigenvalue weighted by molar-refractivity contribution is 5.98. The fourth-order valence-corrected chi connectivity index (χ4v) is 3.95. The fraction of sp³-hybridized carbons (Fsp3) is 0.500. The van der Waals surface area contributed by atoms with Crippen molar-refractivity contribution in [1.29, 1.82) is 0 Å². The van der Waals surface area contributed by atoms with E-state index in [1.807, 2.05) is 24.6 Å². The zero-order chi connectivity index (χ0) is 25.5. The summed E-state index contributed by atoms with van der Waals surface area (Å²) in [5, 5.41) is 7.43. The predicted molar refractivity (Wildman–Crippen MR) is 126 cm³/mol. The van der Waals surface area contributed by atoms with Crippen LogP contribution < -0.4 is 15.6 Å². The van der Waals surface area contributed by atoms with Gasteiger partial charge in [-0.1, -0.05) is 13.8 Å². The monoisotopic (exact) mass is 491 g/mol. The molecule has 0 bridgehead atoms. The maximum absolute atomic E-state index is 13.6. The van der Waals surface area contributed by atoms with E-state index >= 15 is 0 Å². The second-order valence-electron chi connectivity index (χ2n) is 9.37. The Hall–Kier alpha value is -3.37. The van der Waals surface area contributed by atoms with E-state index in [1.54, 1.807) is 12.3 Å². The molecular formula is C24H28F3N5O3.